The number of hydroxylamine groups is 1. The number of rotatable bonds is 11. The zero-order valence-corrected chi connectivity index (χ0v) is 21.0. The summed E-state index contributed by atoms with van der Waals surface area (Å²) < 4.78 is 0. The molecular formula is C26H35N3O4S. The fourth-order valence-corrected chi connectivity index (χ4v) is 4.38. The van der Waals surface area contributed by atoms with Crippen molar-refractivity contribution in [2.24, 2.45) is 23.7 Å². The summed E-state index contributed by atoms with van der Waals surface area (Å²) in [5.74, 6) is -2.62. The van der Waals surface area contributed by atoms with Crippen LogP contribution in [0.4, 0.5) is 0 Å². The number of carbonyl (C=O) groups excluding carboxylic acids is 3. The second-order valence-corrected chi connectivity index (χ2v) is 10.1. The molecule has 0 saturated heterocycles. The number of nitrogens with one attached hydrogen (secondary N) is 2. The van der Waals surface area contributed by atoms with Crippen molar-refractivity contribution >= 4 is 35.1 Å². The fourth-order valence-electron chi connectivity index (χ4n) is 3.71. The second-order valence-electron chi connectivity index (χ2n) is 9.13. The van der Waals surface area contributed by atoms with E-state index in [1.807, 2.05) is 75.6 Å². The Hall–Kier alpha value is -2.97. The minimum absolute atomic E-state index is 0.120. The van der Waals surface area contributed by atoms with Crippen LogP contribution >= 0.6 is 11.3 Å². The van der Waals surface area contributed by atoms with E-state index in [0.717, 1.165) is 5.56 Å². The fraction of sp³-hybridized carbons (Fsp3) is 0.423. The maximum atomic E-state index is 13.5. The summed E-state index contributed by atoms with van der Waals surface area (Å²) in [6, 6.07) is 13.1. The summed E-state index contributed by atoms with van der Waals surface area (Å²) in [5, 5.41) is 12.5. The first-order valence-electron chi connectivity index (χ1n) is 11.5. The summed E-state index contributed by atoms with van der Waals surface area (Å²) >= 11 is 1.31. The van der Waals surface area contributed by atoms with E-state index in [-0.39, 0.29) is 24.2 Å². The van der Waals surface area contributed by atoms with Gasteiger partial charge >= 0.3 is 0 Å². The minimum Gasteiger partial charge on any atom is -0.289 e. The zero-order chi connectivity index (χ0) is 25.1. The lowest BCUT2D eigenvalue weighted by atomic mass is 9.82. The summed E-state index contributed by atoms with van der Waals surface area (Å²) in [6.45, 7) is 8.20. The van der Waals surface area contributed by atoms with Gasteiger partial charge in [-0.05, 0) is 41.7 Å². The van der Waals surface area contributed by atoms with Gasteiger partial charge < -0.3 is 0 Å². The van der Waals surface area contributed by atoms with Crippen LogP contribution in [0, 0.1) is 23.7 Å². The van der Waals surface area contributed by atoms with Gasteiger partial charge in [-0.15, -0.1) is 11.3 Å². The Morgan fingerprint density at radius 2 is 1.68 bits per heavy atom. The molecule has 0 aliphatic carbocycles. The highest BCUT2D eigenvalue weighted by Crippen LogP contribution is 2.26. The van der Waals surface area contributed by atoms with Crippen molar-refractivity contribution in [3.05, 3.63) is 64.4 Å². The number of hydrogen-bond donors (Lipinski definition) is 3. The standard InChI is InChI=1S/C26H35N3O4S/c1-18(2)16-22(21(25(31)28-33)13-8-12-20-10-6-5-7-11-20)24(30)27-29(17-19(3)4)26(32)23-14-9-15-34-23/h5-12,14-15,18-19,21-22,33H,13,16-17H2,1-4H3,(H,27,30)(H,28,31)/b12-8+/t21-,22+/m0/s1. The Labute approximate surface area is 205 Å². The highest BCUT2D eigenvalue weighted by Gasteiger charge is 2.35. The molecule has 2 rings (SSSR count). The van der Waals surface area contributed by atoms with E-state index < -0.39 is 23.7 Å². The van der Waals surface area contributed by atoms with Crippen molar-refractivity contribution in [3.8, 4) is 0 Å². The smallest absolute Gasteiger partial charge is 0.282 e. The van der Waals surface area contributed by atoms with Crippen molar-refractivity contribution in [1.82, 2.24) is 15.9 Å². The van der Waals surface area contributed by atoms with E-state index in [0.29, 0.717) is 17.8 Å². The number of nitrogens with zero attached hydrogens (tertiary/aromatic N) is 1. The van der Waals surface area contributed by atoms with Crippen molar-refractivity contribution in [1.29, 1.82) is 0 Å². The number of thiophene rings is 1. The van der Waals surface area contributed by atoms with Crippen LogP contribution in [-0.2, 0) is 9.59 Å². The Morgan fingerprint density at radius 1 is 0.971 bits per heavy atom. The van der Waals surface area contributed by atoms with Gasteiger partial charge in [-0.2, -0.15) is 0 Å². The van der Waals surface area contributed by atoms with E-state index in [4.69, 9.17) is 0 Å². The Morgan fingerprint density at radius 3 is 2.24 bits per heavy atom. The largest absolute Gasteiger partial charge is 0.289 e. The molecule has 0 spiro atoms. The van der Waals surface area contributed by atoms with Gasteiger partial charge in [0.15, 0.2) is 0 Å². The van der Waals surface area contributed by atoms with Crippen molar-refractivity contribution < 1.29 is 19.6 Å². The molecule has 0 bridgehead atoms. The normalized spacial score (nSPS) is 13.1. The third-order valence-corrected chi connectivity index (χ3v) is 6.12. The molecule has 34 heavy (non-hydrogen) atoms. The molecule has 3 N–H and O–H groups in total. The average molecular weight is 486 g/mol. The molecule has 0 aliphatic rings. The van der Waals surface area contributed by atoms with Crippen LogP contribution in [-0.4, -0.2) is 34.5 Å². The Balaban J connectivity index is 2.27. The van der Waals surface area contributed by atoms with Crippen LogP contribution in [0.15, 0.2) is 53.9 Å². The van der Waals surface area contributed by atoms with Gasteiger partial charge in [0, 0.05) is 6.54 Å². The Bertz CT molecular complexity index is 942. The molecule has 184 valence electrons. The highest BCUT2D eigenvalue weighted by atomic mass is 32.1. The molecule has 1 aromatic carbocycles. The topological polar surface area (TPSA) is 98.7 Å². The second kappa shape index (κ2) is 13.7. The monoisotopic (exact) mass is 485 g/mol. The predicted molar refractivity (Wildman–Crippen MR) is 135 cm³/mol. The van der Waals surface area contributed by atoms with Gasteiger partial charge in [0.05, 0.1) is 16.7 Å². The first-order chi connectivity index (χ1) is 16.2. The maximum Gasteiger partial charge on any atom is 0.282 e. The van der Waals surface area contributed by atoms with Gasteiger partial charge in [-0.1, -0.05) is 76.2 Å². The first-order valence-corrected chi connectivity index (χ1v) is 12.4. The molecular weight excluding hydrogens is 450 g/mol. The van der Waals surface area contributed by atoms with Crippen molar-refractivity contribution in [2.45, 2.75) is 40.5 Å². The summed E-state index contributed by atoms with van der Waals surface area (Å²) in [7, 11) is 0. The summed E-state index contributed by atoms with van der Waals surface area (Å²) in [6.07, 6.45) is 4.40. The van der Waals surface area contributed by atoms with Gasteiger partial charge in [0.25, 0.3) is 5.91 Å². The van der Waals surface area contributed by atoms with Crippen LogP contribution < -0.4 is 10.9 Å². The van der Waals surface area contributed by atoms with Crippen LogP contribution in [0.5, 0.6) is 0 Å². The maximum absolute atomic E-state index is 13.5. The molecule has 1 heterocycles. The number of hydrazine groups is 1. The van der Waals surface area contributed by atoms with E-state index in [1.54, 1.807) is 17.6 Å². The molecule has 3 amide bonds. The molecule has 2 aromatic rings. The lowest BCUT2D eigenvalue weighted by Gasteiger charge is -2.30. The molecule has 0 saturated carbocycles. The molecule has 0 aliphatic heterocycles. The van der Waals surface area contributed by atoms with E-state index >= 15 is 0 Å². The minimum atomic E-state index is -0.801. The Kier molecular flexibility index (Phi) is 11.0. The molecule has 0 fully saturated rings. The SMILES string of the molecule is CC(C)C[C@@H](C(=O)NN(CC(C)C)C(=O)c1cccs1)[C@H](C/C=C/c1ccccc1)C(=O)NO. The van der Waals surface area contributed by atoms with Gasteiger partial charge in [0.1, 0.15) is 0 Å². The number of carbonyl (C=O) groups is 3. The molecule has 1 aromatic heterocycles. The predicted octanol–water partition coefficient (Wildman–Crippen LogP) is 4.76. The lowest BCUT2D eigenvalue weighted by Crippen LogP contribution is -2.52. The van der Waals surface area contributed by atoms with Crippen LogP contribution in [0.2, 0.25) is 0 Å². The van der Waals surface area contributed by atoms with Crippen molar-refractivity contribution in [3.63, 3.8) is 0 Å². The summed E-state index contributed by atoms with van der Waals surface area (Å²) in [5.41, 5.74) is 5.47. The first kappa shape index (κ1) is 27.3. The molecule has 2 atom stereocenters. The molecule has 8 heteroatoms. The summed E-state index contributed by atoms with van der Waals surface area (Å²) in [4.78, 5) is 39.6. The molecule has 7 nitrogen and oxygen atoms in total. The molecule has 0 unspecified atom stereocenters. The van der Waals surface area contributed by atoms with E-state index in [9.17, 15) is 19.6 Å². The van der Waals surface area contributed by atoms with E-state index in [1.165, 1.54) is 16.3 Å². The third kappa shape index (κ3) is 8.43. The third-order valence-electron chi connectivity index (χ3n) is 5.26. The van der Waals surface area contributed by atoms with E-state index in [2.05, 4.69) is 5.43 Å². The van der Waals surface area contributed by atoms with Gasteiger partial charge in [-0.25, -0.2) is 10.5 Å². The quantitative estimate of drug-likeness (QED) is 0.315. The van der Waals surface area contributed by atoms with Crippen LogP contribution in [0.1, 0.15) is 55.8 Å². The van der Waals surface area contributed by atoms with Crippen LogP contribution in [0.25, 0.3) is 6.08 Å². The lowest BCUT2D eigenvalue weighted by molar-refractivity contribution is -0.142. The number of benzene rings is 1. The number of amides is 3. The highest BCUT2D eigenvalue weighted by molar-refractivity contribution is 7.12. The van der Waals surface area contributed by atoms with Gasteiger partial charge in [0.2, 0.25) is 11.8 Å². The number of hydrogen-bond acceptors (Lipinski definition) is 5. The average Bonchev–Trinajstić information content (AvgIpc) is 3.34. The zero-order valence-electron chi connectivity index (χ0n) is 20.2. The van der Waals surface area contributed by atoms with Crippen LogP contribution in [0.3, 0.4) is 0 Å². The van der Waals surface area contributed by atoms with Gasteiger partial charge in [-0.3, -0.25) is 25.0 Å². The molecule has 0 radical (unpaired) electrons. The number of allylic oxidation sites excluding steroid dienone is 1. The van der Waals surface area contributed by atoms with Crippen molar-refractivity contribution in [2.75, 3.05) is 6.54 Å².